The lowest BCUT2D eigenvalue weighted by Gasteiger charge is -2.44. The molecule has 3 nitrogen and oxygen atoms in total. The Hall–Kier alpha value is -1.13. The standard InChI is InChI=1S/C18H25FN2O.ClH/c1-2-21(16-8-6-15(19)7-9-16)18(22)14-10-12-4-3-5-13(11-14)17(12)20;/h6-9,12-14,17H,2-5,10-11,20H2,1H3;1H. The Kier molecular flexibility index (Phi) is 6.04. The van der Waals surface area contributed by atoms with Crippen molar-refractivity contribution in [1.82, 2.24) is 0 Å². The number of rotatable bonds is 3. The van der Waals surface area contributed by atoms with Crippen LogP contribution in [0.1, 0.15) is 39.0 Å². The van der Waals surface area contributed by atoms with Crippen LogP contribution in [0.2, 0.25) is 0 Å². The highest BCUT2D eigenvalue weighted by molar-refractivity contribution is 5.95. The minimum Gasteiger partial charge on any atom is -0.327 e. The highest BCUT2D eigenvalue weighted by Crippen LogP contribution is 2.42. The fourth-order valence-electron chi connectivity index (χ4n) is 4.30. The first-order valence-corrected chi connectivity index (χ1v) is 8.42. The van der Waals surface area contributed by atoms with Gasteiger partial charge in [0.1, 0.15) is 5.82 Å². The van der Waals surface area contributed by atoms with E-state index < -0.39 is 0 Å². The largest absolute Gasteiger partial charge is 0.327 e. The summed E-state index contributed by atoms with van der Waals surface area (Å²) in [6.45, 7) is 2.58. The van der Waals surface area contributed by atoms with Crippen LogP contribution in [0, 0.1) is 23.6 Å². The van der Waals surface area contributed by atoms with Gasteiger partial charge in [0.2, 0.25) is 5.91 Å². The molecule has 2 fully saturated rings. The van der Waals surface area contributed by atoms with Gasteiger partial charge in [-0.1, -0.05) is 6.42 Å². The van der Waals surface area contributed by atoms with Gasteiger partial charge in [-0.25, -0.2) is 4.39 Å². The van der Waals surface area contributed by atoms with Crippen molar-refractivity contribution < 1.29 is 9.18 Å². The smallest absolute Gasteiger partial charge is 0.230 e. The highest BCUT2D eigenvalue weighted by atomic mass is 35.5. The third kappa shape index (κ3) is 3.69. The maximum atomic E-state index is 13.1. The van der Waals surface area contributed by atoms with Gasteiger partial charge in [-0.2, -0.15) is 0 Å². The molecule has 0 radical (unpaired) electrons. The van der Waals surface area contributed by atoms with Gasteiger partial charge in [0.05, 0.1) is 0 Å². The van der Waals surface area contributed by atoms with Gasteiger partial charge in [0.25, 0.3) is 0 Å². The predicted octanol–water partition coefficient (Wildman–Crippen LogP) is 3.75. The molecule has 5 heteroatoms. The fraction of sp³-hybridized carbons (Fsp3) is 0.611. The third-order valence-corrected chi connectivity index (χ3v) is 5.48. The van der Waals surface area contributed by atoms with Crippen molar-refractivity contribution in [3.05, 3.63) is 30.1 Å². The van der Waals surface area contributed by atoms with Gasteiger partial charge in [0, 0.05) is 24.2 Å². The zero-order valence-corrected chi connectivity index (χ0v) is 14.4. The van der Waals surface area contributed by atoms with Gasteiger partial charge in [0.15, 0.2) is 0 Å². The number of fused-ring (bicyclic) bond motifs is 2. The molecule has 2 unspecified atom stereocenters. The number of benzene rings is 1. The maximum Gasteiger partial charge on any atom is 0.230 e. The Morgan fingerprint density at radius 3 is 2.30 bits per heavy atom. The Morgan fingerprint density at radius 1 is 1.22 bits per heavy atom. The monoisotopic (exact) mass is 340 g/mol. The summed E-state index contributed by atoms with van der Waals surface area (Å²) in [4.78, 5) is 14.7. The number of hydrogen-bond acceptors (Lipinski definition) is 2. The van der Waals surface area contributed by atoms with Gasteiger partial charge in [-0.05, 0) is 68.7 Å². The van der Waals surface area contributed by atoms with Crippen LogP contribution in [0.15, 0.2) is 24.3 Å². The Balaban J connectivity index is 0.00000192. The SMILES string of the molecule is CCN(C(=O)C1CC2CCCC(C1)C2N)c1ccc(F)cc1.Cl. The summed E-state index contributed by atoms with van der Waals surface area (Å²) in [6.07, 6.45) is 5.38. The zero-order valence-electron chi connectivity index (χ0n) is 13.6. The topological polar surface area (TPSA) is 46.3 Å². The molecule has 1 amide bonds. The van der Waals surface area contributed by atoms with E-state index in [0.717, 1.165) is 31.4 Å². The van der Waals surface area contributed by atoms with Crippen LogP contribution in [-0.4, -0.2) is 18.5 Å². The van der Waals surface area contributed by atoms with Gasteiger partial charge in [-0.3, -0.25) is 4.79 Å². The molecule has 128 valence electrons. The maximum absolute atomic E-state index is 13.1. The van der Waals surface area contributed by atoms with Crippen molar-refractivity contribution in [2.24, 2.45) is 23.5 Å². The van der Waals surface area contributed by atoms with E-state index in [1.807, 2.05) is 6.92 Å². The van der Waals surface area contributed by atoms with Crippen molar-refractivity contribution >= 4 is 24.0 Å². The van der Waals surface area contributed by atoms with E-state index in [4.69, 9.17) is 5.73 Å². The zero-order chi connectivity index (χ0) is 15.7. The Labute approximate surface area is 143 Å². The van der Waals surface area contributed by atoms with E-state index >= 15 is 0 Å². The van der Waals surface area contributed by atoms with E-state index in [-0.39, 0.29) is 36.1 Å². The molecule has 0 aromatic heterocycles. The van der Waals surface area contributed by atoms with Crippen molar-refractivity contribution in [3.63, 3.8) is 0 Å². The number of anilines is 1. The van der Waals surface area contributed by atoms with E-state index in [1.54, 1.807) is 17.0 Å². The molecule has 3 rings (SSSR count). The normalized spacial score (nSPS) is 29.5. The second-order valence-electron chi connectivity index (χ2n) is 6.76. The van der Waals surface area contributed by atoms with Crippen LogP contribution in [-0.2, 0) is 4.79 Å². The highest BCUT2D eigenvalue weighted by Gasteiger charge is 2.41. The molecular weight excluding hydrogens is 315 g/mol. The van der Waals surface area contributed by atoms with Crippen LogP contribution in [0.25, 0.3) is 0 Å². The molecule has 0 spiro atoms. The van der Waals surface area contributed by atoms with E-state index in [0.29, 0.717) is 18.4 Å². The second-order valence-corrected chi connectivity index (χ2v) is 6.76. The number of halogens is 2. The number of hydrogen-bond donors (Lipinski definition) is 1. The first-order valence-electron chi connectivity index (χ1n) is 8.42. The number of carbonyl (C=O) groups is 1. The molecule has 0 heterocycles. The van der Waals surface area contributed by atoms with Crippen molar-refractivity contribution in [3.8, 4) is 0 Å². The molecule has 0 saturated heterocycles. The van der Waals surface area contributed by atoms with Gasteiger partial charge >= 0.3 is 0 Å². The second kappa shape index (κ2) is 7.63. The van der Waals surface area contributed by atoms with Crippen LogP contribution >= 0.6 is 12.4 Å². The third-order valence-electron chi connectivity index (χ3n) is 5.48. The van der Waals surface area contributed by atoms with Crippen molar-refractivity contribution in [2.45, 2.75) is 45.1 Å². The molecule has 2 aliphatic carbocycles. The van der Waals surface area contributed by atoms with Crippen LogP contribution in [0.4, 0.5) is 10.1 Å². The fourth-order valence-corrected chi connectivity index (χ4v) is 4.30. The molecule has 2 saturated carbocycles. The molecule has 2 atom stereocenters. The molecule has 2 N–H and O–H groups in total. The summed E-state index contributed by atoms with van der Waals surface area (Å²) in [5.41, 5.74) is 7.10. The number of carbonyl (C=O) groups excluding carboxylic acids is 1. The lowest BCUT2D eigenvalue weighted by Crippen LogP contribution is -2.49. The van der Waals surface area contributed by atoms with Crippen molar-refractivity contribution in [2.75, 3.05) is 11.4 Å². The molecular formula is C18H26ClFN2O. The number of amides is 1. The Bertz CT molecular complexity index is 522. The molecule has 2 bridgehead atoms. The molecule has 0 aliphatic heterocycles. The lowest BCUT2D eigenvalue weighted by atomic mass is 9.65. The lowest BCUT2D eigenvalue weighted by molar-refractivity contribution is -0.125. The summed E-state index contributed by atoms with van der Waals surface area (Å²) in [5, 5.41) is 0. The average molecular weight is 341 g/mol. The van der Waals surface area contributed by atoms with E-state index in [1.165, 1.54) is 18.6 Å². The minimum atomic E-state index is -0.273. The summed E-state index contributed by atoms with van der Waals surface area (Å²) in [5.74, 6) is 0.963. The summed E-state index contributed by atoms with van der Waals surface area (Å²) in [7, 11) is 0. The van der Waals surface area contributed by atoms with Crippen LogP contribution in [0.5, 0.6) is 0 Å². The molecule has 1 aromatic rings. The van der Waals surface area contributed by atoms with E-state index in [2.05, 4.69) is 0 Å². The predicted molar refractivity (Wildman–Crippen MR) is 93.2 cm³/mol. The molecule has 2 aliphatic rings. The Morgan fingerprint density at radius 2 is 1.78 bits per heavy atom. The molecule has 1 aromatic carbocycles. The quantitative estimate of drug-likeness (QED) is 0.910. The van der Waals surface area contributed by atoms with Crippen LogP contribution < -0.4 is 10.6 Å². The molecule has 23 heavy (non-hydrogen) atoms. The minimum absolute atomic E-state index is 0. The number of nitrogens with zero attached hydrogens (tertiary/aromatic N) is 1. The first-order chi connectivity index (χ1) is 10.6. The summed E-state index contributed by atoms with van der Waals surface area (Å²) in [6, 6.07) is 6.48. The van der Waals surface area contributed by atoms with Gasteiger partial charge in [-0.15, -0.1) is 12.4 Å². The summed E-state index contributed by atoms with van der Waals surface area (Å²) < 4.78 is 13.1. The van der Waals surface area contributed by atoms with E-state index in [9.17, 15) is 9.18 Å². The van der Waals surface area contributed by atoms with Gasteiger partial charge < -0.3 is 10.6 Å². The first kappa shape index (κ1) is 18.2. The average Bonchev–Trinajstić information content (AvgIpc) is 2.49. The van der Waals surface area contributed by atoms with Crippen LogP contribution in [0.3, 0.4) is 0 Å². The van der Waals surface area contributed by atoms with Crippen molar-refractivity contribution in [1.29, 1.82) is 0 Å². The number of nitrogens with two attached hydrogens (primary N) is 1. The summed E-state index contributed by atoms with van der Waals surface area (Å²) >= 11 is 0.